The van der Waals surface area contributed by atoms with Crippen LogP contribution in [0.4, 0.5) is 17.6 Å². The van der Waals surface area contributed by atoms with Crippen LogP contribution in [0.25, 0.3) is 16.8 Å². The second-order valence-electron chi connectivity index (χ2n) is 7.89. The summed E-state index contributed by atoms with van der Waals surface area (Å²) in [6.07, 6.45) is 2.45. The van der Waals surface area contributed by atoms with Crippen LogP contribution < -0.4 is 0 Å². The second-order valence-corrected chi connectivity index (χ2v) is 7.89. The lowest BCUT2D eigenvalue weighted by atomic mass is 9.98. The molecule has 0 aliphatic carbocycles. The van der Waals surface area contributed by atoms with E-state index in [9.17, 15) is 17.6 Å². The predicted octanol–water partition coefficient (Wildman–Crippen LogP) is 5.74. The van der Waals surface area contributed by atoms with Crippen LogP contribution in [0.3, 0.4) is 0 Å². The number of pyridine rings is 1. The quantitative estimate of drug-likeness (QED) is 0.388. The fraction of sp³-hybridized carbons (Fsp3) is 0.261. The number of aromatic nitrogens is 2. The summed E-state index contributed by atoms with van der Waals surface area (Å²) in [6.45, 7) is 1.93. The van der Waals surface area contributed by atoms with Gasteiger partial charge in [0, 0.05) is 36.6 Å². The molecule has 8 heteroatoms. The van der Waals surface area contributed by atoms with Crippen molar-refractivity contribution in [3.05, 3.63) is 84.0 Å². The highest BCUT2D eigenvalue weighted by molar-refractivity contribution is 5.67. The van der Waals surface area contributed by atoms with Gasteiger partial charge < -0.3 is 8.82 Å². The van der Waals surface area contributed by atoms with Gasteiger partial charge in [-0.3, -0.25) is 4.90 Å². The smallest absolute Gasteiger partial charge is 0.420 e. The maximum absolute atomic E-state index is 13.7. The molecule has 1 aliphatic rings. The van der Waals surface area contributed by atoms with Crippen LogP contribution >= 0.6 is 0 Å². The van der Waals surface area contributed by atoms with Crippen molar-refractivity contribution in [2.24, 2.45) is 0 Å². The summed E-state index contributed by atoms with van der Waals surface area (Å²) in [5, 5.41) is 0. The monoisotopic (exact) mass is 429 g/mol. The van der Waals surface area contributed by atoms with Gasteiger partial charge in [0.05, 0.1) is 23.8 Å². The van der Waals surface area contributed by atoms with Gasteiger partial charge in [-0.1, -0.05) is 12.1 Å². The van der Waals surface area contributed by atoms with Crippen molar-refractivity contribution in [1.82, 2.24) is 14.3 Å². The first kappa shape index (κ1) is 19.8. The molecule has 0 amide bonds. The molecule has 0 N–H and O–H groups in total. The number of imidazole rings is 1. The Morgan fingerprint density at radius 2 is 1.97 bits per heavy atom. The van der Waals surface area contributed by atoms with E-state index in [0.29, 0.717) is 29.9 Å². The van der Waals surface area contributed by atoms with E-state index >= 15 is 0 Å². The van der Waals surface area contributed by atoms with Crippen LogP contribution in [0, 0.1) is 5.82 Å². The maximum Gasteiger partial charge on any atom is 0.420 e. The maximum atomic E-state index is 13.7. The molecule has 0 radical (unpaired) electrons. The summed E-state index contributed by atoms with van der Waals surface area (Å²) in [4.78, 5) is 6.44. The molecule has 1 aliphatic heterocycles. The van der Waals surface area contributed by atoms with Gasteiger partial charge in [0.2, 0.25) is 0 Å². The Morgan fingerprint density at radius 3 is 2.71 bits per heavy atom. The molecule has 5 rings (SSSR count). The molecule has 31 heavy (non-hydrogen) atoms. The van der Waals surface area contributed by atoms with Crippen molar-refractivity contribution >= 4 is 5.65 Å². The number of furan rings is 1. The topological polar surface area (TPSA) is 33.7 Å². The Bertz CT molecular complexity index is 1210. The molecule has 1 unspecified atom stereocenters. The fourth-order valence-electron chi connectivity index (χ4n) is 4.26. The molecule has 160 valence electrons. The number of likely N-dealkylation sites (tertiary alicyclic amines) is 1. The molecule has 0 bridgehead atoms. The van der Waals surface area contributed by atoms with Gasteiger partial charge in [-0.15, -0.1) is 0 Å². The highest BCUT2D eigenvalue weighted by atomic mass is 19.4. The van der Waals surface area contributed by atoms with Gasteiger partial charge >= 0.3 is 6.18 Å². The first-order valence-corrected chi connectivity index (χ1v) is 9.96. The van der Waals surface area contributed by atoms with Crippen molar-refractivity contribution in [3.63, 3.8) is 0 Å². The number of halogens is 4. The first-order chi connectivity index (χ1) is 14.9. The molecule has 3 aromatic heterocycles. The number of alkyl halides is 3. The van der Waals surface area contributed by atoms with E-state index in [4.69, 9.17) is 4.42 Å². The summed E-state index contributed by atoms with van der Waals surface area (Å²) in [7, 11) is 0. The summed E-state index contributed by atoms with van der Waals surface area (Å²) < 4.78 is 61.1. The zero-order valence-corrected chi connectivity index (χ0v) is 16.4. The van der Waals surface area contributed by atoms with E-state index < -0.39 is 11.7 Å². The molecule has 1 fully saturated rings. The van der Waals surface area contributed by atoms with Gasteiger partial charge in [0.25, 0.3) is 0 Å². The lowest BCUT2D eigenvalue weighted by Crippen LogP contribution is -2.20. The molecule has 1 atom stereocenters. The molecule has 4 heterocycles. The standard InChI is InChI=1S/C23H19F4N3O/c24-19-3-1-2-15(8-19)16-4-6-29(10-16)12-20-13-30-11-18(17-5-7-31-14-17)9-21(22(30)28-20)23(25,26)27/h1-3,5,7-9,11,13-14,16H,4,6,10,12H2. The Hall–Kier alpha value is -3.13. The Morgan fingerprint density at radius 1 is 1.10 bits per heavy atom. The first-order valence-electron chi connectivity index (χ1n) is 9.96. The summed E-state index contributed by atoms with van der Waals surface area (Å²) in [5.41, 5.74) is 1.59. The SMILES string of the molecule is Fc1cccc(C2CCN(Cc3cn4cc(-c5ccoc5)cc(C(F)(F)F)c4n3)C2)c1. The van der Waals surface area contributed by atoms with Gasteiger partial charge in [0.1, 0.15) is 11.5 Å². The molecular weight excluding hydrogens is 410 g/mol. The summed E-state index contributed by atoms with van der Waals surface area (Å²) in [6, 6.07) is 9.30. The molecule has 1 saturated heterocycles. The number of hydrogen-bond donors (Lipinski definition) is 0. The molecule has 1 aromatic carbocycles. The predicted molar refractivity (Wildman–Crippen MR) is 107 cm³/mol. The second kappa shape index (κ2) is 7.53. The Balaban J connectivity index is 1.42. The molecular formula is C23H19F4N3O. The van der Waals surface area contributed by atoms with Gasteiger partial charge in [-0.25, -0.2) is 9.37 Å². The third kappa shape index (κ3) is 3.95. The Labute approximate surface area is 175 Å². The van der Waals surface area contributed by atoms with Gasteiger partial charge in [-0.05, 0) is 48.7 Å². The van der Waals surface area contributed by atoms with Crippen LogP contribution in [0.5, 0.6) is 0 Å². The van der Waals surface area contributed by atoms with E-state index in [0.717, 1.165) is 24.6 Å². The highest BCUT2D eigenvalue weighted by Gasteiger charge is 2.35. The fourth-order valence-corrected chi connectivity index (χ4v) is 4.26. The van der Waals surface area contributed by atoms with Crippen molar-refractivity contribution in [2.75, 3.05) is 13.1 Å². The van der Waals surface area contributed by atoms with Gasteiger partial charge in [-0.2, -0.15) is 13.2 Å². The van der Waals surface area contributed by atoms with E-state index in [1.54, 1.807) is 30.6 Å². The van der Waals surface area contributed by atoms with Crippen molar-refractivity contribution < 1.29 is 22.0 Å². The van der Waals surface area contributed by atoms with Crippen molar-refractivity contribution in [2.45, 2.75) is 25.1 Å². The molecule has 0 spiro atoms. The zero-order valence-electron chi connectivity index (χ0n) is 16.4. The normalized spacial score (nSPS) is 17.6. The molecule has 0 saturated carbocycles. The average Bonchev–Trinajstić information content (AvgIpc) is 3.47. The number of nitrogens with zero attached hydrogens (tertiary/aromatic N) is 3. The number of fused-ring (bicyclic) bond motifs is 1. The summed E-state index contributed by atoms with van der Waals surface area (Å²) in [5.74, 6) is -0.0597. The van der Waals surface area contributed by atoms with Crippen molar-refractivity contribution in [3.8, 4) is 11.1 Å². The minimum absolute atomic E-state index is 0.115. The van der Waals surface area contributed by atoms with E-state index in [-0.39, 0.29) is 17.4 Å². The minimum atomic E-state index is -4.53. The lowest BCUT2D eigenvalue weighted by Gasteiger charge is -2.14. The van der Waals surface area contributed by atoms with E-state index in [1.807, 2.05) is 6.07 Å². The third-order valence-corrected chi connectivity index (χ3v) is 5.74. The van der Waals surface area contributed by atoms with Crippen molar-refractivity contribution in [1.29, 1.82) is 0 Å². The average molecular weight is 429 g/mol. The molecule has 4 aromatic rings. The summed E-state index contributed by atoms with van der Waals surface area (Å²) >= 11 is 0. The Kier molecular flexibility index (Phi) is 4.81. The van der Waals surface area contributed by atoms with Gasteiger partial charge in [0.15, 0.2) is 0 Å². The largest absolute Gasteiger partial charge is 0.472 e. The van der Waals surface area contributed by atoms with Crippen LogP contribution in [0.15, 0.2) is 65.7 Å². The zero-order chi connectivity index (χ0) is 21.6. The van der Waals surface area contributed by atoms with Crippen LogP contribution in [0.2, 0.25) is 0 Å². The lowest BCUT2D eigenvalue weighted by molar-refractivity contribution is -0.136. The minimum Gasteiger partial charge on any atom is -0.472 e. The van der Waals surface area contributed by atoms with Crippen LogP contribution in [-0.4, -0.2) is 27.4 Å². The highest BCUT2D eigenvalue weighted by Crippen LogP contribution is 2.36. The van der Waals surface area contributed by atoms with Crippen LogP contribution in [-0.2, 0) is 12.7 Å². The number of benzene rings is 1. The molecule has 4 nitrogen and oxygen atoms in total. The van der Waals surface area contributed by atoms with E-state index in [2.05, 4.69) is 9.88 Å². The van der Waals surface area contributed by atoms with Crippen LogP contribution in [0.1, 0.15) is 29.2 Å². The third-order valence-electron chi connectivity index (χ3n) is 5.74. The number of hydrogen-bond acceptors (Lipinski definition) is 3. The van der Waals surface area contributed by atoms with E-state index in [1.165, 1.54) is 23.0 Å². The number of rotatable bonds is 4.